The Balaban J connectivity index is 1.41. The second-order valence-corrected chi connectivity index (χ2v) is 9.81. The Hall–Kier alpha value is -2.08. The van der Waals surface area contributed by atoms with Crippen LogP contribution >= 0.6 is 11.6 Å². The van der Waals surface area contributed by atoms with Gasteiger partial charge in [0.1, 0.15) is 0 Å². The molecule has 1 aromatic rings. The molecule has 1 aromatic carbocycles. The Bertz CT molecular complexity index is 780. The van der Waals surface area contributed by atoms with Crippen LogP contribution in [-0.2, 0) is 20.8 Å². The number of nitrogens with zero attached hydrogens (tertiary/aromatic N) is 2. The molecule has 164 valence electrons. The fraction of sp³-hybridized carbons (Fsp3) is 0.609. The molecule has 2 aliphatic heterocycles. The molecule has 30 heavy (non-hydrogen) atoms. The van der Waals surface area contributed by atoms with Gasteiger partial charge in [0, 0.05) is 49.1 Å². The summed E-state index contributed by atoms with van der Waals surface area (Å²) in [6.07, 6.45) is 2.93. The SMILES string of the molecule is CC(C)(C)N1CC(C(=O)N2CCC(NC(=O)CCc3ccc(Cl)cc3)CC2)CC1=O. The van der Waals surface area contributed by atoms with Gasteiger partial charge in [0.2, 0.25) is 17.7 Å². The number of carbonyl (C=O) groups excluding carboxylic acids is 3. The number of hydrogen-bond acceptors (Lipinski definition) is 3. The van der Waals surface area contributed by atoms with Gasteiger partial charge in [-0.1, -0.05) is 23.7 Å². The average molecular weight is 434 g/mol. The summed E-state index contributed by atoms with van der Waals surface area (Å²) >= 11 is 5.89. The number of hydrogen-bond donors (Lipinski definition) is 1. The Kier molecular flexibility index (Phi) is 7.06. The van der Waals surface area contributed by atoms with Gasteiger partial charge in [-0.3, -0.25) is 14.4 Å². The van der Waals surface area contributed by atoms with E-state index in [2.05, 4.69) is 5.32 Å². The summed E-state index contributed by atoms with van der Waals surface area (Å²) in [6.45, 7) is 7.75. The zero-order chi connectivity index (χ0) is 21.9. The highest BCUT2D eigenvalue weighted by Gasteiger charge is 2.41. The largest absolute Gasteiger partial charge is 0.353 e. The topological polar surface area (TPSA) is 69.7 Å². The minimum absolute atomic E-state index is 0.0388. The normalized spacial score (nSPS) is 20.5. The van der Waals surface area contributed by atoms with Crippen LogP contribution < -0.4 is 5.32 Å². The van der Waals surface area contributed by atoms with Crippen molar-refractivity contribution in [3.05, 3.63) is 34.9 Å². The number of halogens is 1. The maximum atomic E-state index is 12.9. The first-order valence-electron chi connectivity index (χ1n) is 10.8. The van der Waals surface area contributed by atoms with Crippen molar-refractivity contribution < 1.29 is 14.4 Å². The van der Waals surface area contributed by atoms with Crippen LogP contribution in [0.15, 0.2) is 24.3 Å². The van der Waals surface area contributed by atoms with E-state index in [4.69, 9.17) is 11.6 Å². The third kappa shape index (κ3) is 5.75. The van der Waals surface area contributed by atoms with Crippen molar-refractivity contribution in [2.75, 3.05) is 19.6 Å². The predicted octanol–water partition coefficient (Wildman–Crippen LogP) is 3.03. The van der Waals surface area contributed by atoms with Gasteiger partial charge >= 0.3 is 0 Å². The molecule has 1 atom stereocenters. The van der Waals surface area contributed by atoms with E-state index >= 15 is 0 Å². The standard InChI is InChI=1S/C23H32ClN3O3/c1-23(2,3)27-15-17(14-21(27)29)22(30)26-12-10-19(11-13-26)25-20(28)9-6-16-4-7-18(24)8-5-16/h4-5,7-8,17,19H,6,9-15H2,1-3H3,(H,25,28). The minimum Gasteiger partial charge on any atom is -0.353 e. The smallest absolute Gasteiger partial charge is 0.227 e. The maximum Gasteiger partial charge on any atom is 0.227 e. The molecular formula is C23H32ClN3O3. The number of rotatable bonds is 5. The summed E-state index contributed by atoms with van der Waals surface area (Å²) in [5, 5.41) is 3.79. The van der Waals surface area contributed by atoms with E-state index in [1.807, 2.05) is 54.8 Å². The molecular weight excluding hydrogens is 402 g/mol. The van der Waals surface area contributed by atoms with E-state index in [1.54, 1.807) is 0 Å². The molecule has 2 saturated heterocycles. The summed E-state index contributed by atoms with van der Waals surface area (Å²) in [5.74, 6) is -0.0783. The molecule has 0 saturated carbocycles. The monoisotopic (exact) mass is 433 g/mol. The zero-order valence-corrected chi connectivity index (χ0v) is 18.9. The summed E-state index contributed by atoms with van der Waals surface area (Å²) in [6, 6.07) is 7.64. The first kappa shape index (κ1) is 22.6. The zero-order valence-electron chi connectivity index (χ0n) is 18.1. The van der Waals surface area contributed by atoms with E-state index in [1.165, 1.54) is 0 Å². The summed E-state index contributed by atoms with van der Waals surface area (Å²) < 4.78 is 0. The fourth-order valence-corrected chi connectivity index (χ4v) is 4.36. The molecule has 0 aliphatic carbocycles. The molecule has 0 aromatic heterocycles. The lowest BCUT2D eigenvalue weighted by Crippen LogP contribution is -2.49. The van der Waals surface area contributed by atoms with Crippen LogP contribution in [0.25, 0.3) is 0 Å². The summed E-state index contributed by atoms with van der Waals surface area (Å²) in [4.78, 5) is 41.1. The van der Waals surface area contributed by atoms with E-state index in [0.29, 0.717) is 43.9 Å². The average Bonchev–Trinajstić information content (AvgIpc) is 3.10. The molecule has 1 unspecified atom stereocenters. The van der Waals surface area contributed by atoms with E-state index in [-0.39, 0.29) is 35.2 Å². The van der Waals surface area contributed by atoms with E-state index in [9.17, 15) is 14.4 Å². The Morgan fingerprint density at radius 3 is 2.33 bits per heavy atom. The molecule has 2 heterocycles. The molecule has 2 aliphatic rings. The van der Waals surface area contributed by atoms with E-state index in [0.717, 1.165) is 18.4 Å². The van der Waals surface area contributed by atoms with Crippen molar-refractivity contribution in [3.63, 3.8) is 0 Å². The quantitative estimate of drug-likeness (QED) is 0.775. The molecule has 0 radical (unpaired) electrons. The van der Waals surface area contributed by atoms with Crippen LogP contribution in [0, 0.1) is 5.92 Å². The lowest BCUT2D eigenvalue weighted by atomic mass is 10.0. The lowest BCUT2D eigenvalue weighted by molar-refractivity contribution is -0.137. The minimum atomic E-state index is -0.255. The molecule has 0 bridgehead atoms. The molecule has 0 spiro atoms. The first-order chi connectivity index (χ1) is 14.1. The van der Waals surface area contributed by atoms with E-state index < -0.39 is 0 Å². The molecule has 1 N–H and O–H groups in total. The van der Waals surface area contributed by atoms with Crippen LogP contribution in [0.5, 0.6) is 0 Å². The molecule has 6 nitrogen and oxygen atoms in total. The number of benzene rings is 1. The summed E-state index contributed by atoms with van der Waals surface area (Å²) in [7, 11) is 0. The van der Waals surface area contributed by atoms with Gasteiger partial charge in [-0.25, -0.2) is 0 Å². The molecule has 7 heteroatoms. The fourth-order valence-electron chi connectivity index (χ4n) is 4.23. The highest BCUT2D eigenvalue weighted by Crippen LogP contribution is 2.28. The van der Waals surface area contributed by atoms with Gasteiger partial charge < -0.3 is 15.1 Å². The number of carbonyl (C=O) groups is 3. The van der Waals surface area contributed by atoms with Crippen molar-refractivity contribution in [1.29, 1.82) is 0 Å². The van der Waals surface area contributed by atoms with Crippen LogP contribution in [0.2, 0.25) is 5.02 Å². The second-order valence-electron chi connectivity index (χ2n) is 9.37. The van der Waals surface area contributed by atoms with Crippen molar-refractivity contribution in [2.45, 2.75) is 64.5 Å². The Labute approximate surface area is 183 Å². The number of nitrogens with one attached hydrogen (secondary N) is 1. The van der Waals surface area contributed by atoms with Crippen LogP contribution in [0.1, 0.15) is 52.0 Å². The van der Waals surface area contributed by atoms with Gasteiger partial charge in [-0.15, -0.1) is 0 Å². The Morgan fingerprint density at radius 2 is 1.77 bits per heavy atom. The molecule has 3 rings (SSSR count). The van der Waals surface area contributed by atoms with Gasteiger partial charge in [-0.05, 0) is 57.7 Å². The molecule has 3 amide bonds. The Morgan fingerprint density at radius 1 is 1.13 bits per heavy atom. The number of amides is 3. The van der Waals surface area contributed by atoms with Gasteiger partial charge in [-0.2, -0.15) is 0 Å². The third-order valence-corrected chi connectivity index (χ3v) is 6.26. The highest BCUT2D eigenvalue weighted by molar-refractivity contribution is 6.30. The van der Waals surface area contributed by atoms with Crippen LogP contribution in [0.3, 0.4) is 0 Å². The van der Waals surface area contributed by atoms with Gasteiger partial charge in [0.15, 0.2) is 0 Å². The second kappa shape index (κ2) is 9.38. The third-order valence-electron chi connectivity index (χ3n) is 6.01. The number of aryl methyl sites for hydroxylation is 1. The number of likely N-dealkylation sites (tertiary alicyclic amines) is 2. The number of piperidine rings is 1. The lowest BCUT2D eigenvalue weighted by Gasteiger charge is -2.35. The molecule has 2 fully saturated rings. The van der Waals surface area contributed by atoms with Crippen LogP contribution in [0.4, 0.5) is 0 Å². The maximum absolute atomic E-state index is 12.9. The first-order valence-corrected chi connectivity index (χ1v) is 11.1. The van der Waals surface area contributed by atoms with Crippen molar-refractivity contribution in [1.82, 2.24) is 15.1 Å². The van der Waals surface area contributed by atoms with Crippen LogP contribution in [-0.4, -0.2) is 58.7 Å². The van der Waals surface area contributed by atoms with Crippen molar-refractivity contribution >= 4 is 29.3 Å². The van der Waals surface area contributed by atoms with Gasteiger partial charge in [0.05, 0.1) is 5.92 Å². The van der Waals surface area contributed by atoms with Gasteiger partial charge in [0.25, 0.3) is 0 Å². The summed E-state index contributed by atoms with van der Waals surface area (Å²) in [5.41, 5.74) is 0.834. The highest BCUT2D eigenvalue weighted by atomic mass is 35.5. The van der Waals surface area contributed by atoms with Crippen molar-refractivity contribution in [3.8, 4) is 0 Å². The predicted molar refractivity (Wildman–Crippen MR) is 117 cm³/mol. The van der Waals surface area contributed by atoms with Crippen molar-refractivity contribution in [2.24, 2.45) is 5.92 Å².